The van der Waals surface area contributed by atoms with E-state index in [9.17, 15) is 0 Å². The quantitative estimate of drug-likeness (QED) is 0.860. The molecule has 0 spiro atoms. The van der Waals surface area contributed by atoms with Crippen molar-refractivity contribution in [2.75, 3.05) is 20.8 Å². The molecule has 2 heterocycles. The van der Waals surface area contributed by atoms with E-state index in [0.717, 1.165) is 36.6 Å². The minimum atomic E-state index is 0.0878. The SMILES string of the molecule is CNC1CCOC(c2c(C)nn(C)c2OC)C1. The molecule has 1 aliphatic heterocycles. The molecule has 2 atom stereocenters. The molecule has 1 fully saturated rings. The van der Waals surface area contributed by atoms with Gasteiger partial charge in [-0.25, -0.2) is 4.68 Å². The Bertz CT molecular complexity index is 389. The summed E-state index contributed by atoms with van der Waals surface area (Å²) in [6, 6.07) is 0.512. The zero-order valence-electron chi connectivity index (χ0n) is 11.0. The molecule has 2 unspecified atom stereocenters. The zero-order chi connectivity index (χ0) is 12.4. The molecule has 1 N–H and O–H groups in total. The number of nitrogens with one attached hydrogen (secondary N) is 1. The number of rotatable bonds is 3. The van der Waals surface area contributed by atoms with Gasteiger partial charge in [0, 0.05) is 19.7 Å². The van der Waals surface area contributed by atoms with Crippen LogP contribution in [0.15, 0.2) is 0 Å². The number of aromatic nitrogens is 2. The highest BCUT2D eigenvalue weighted by Crippen LogP contribution is 2.35. The maximum Gasteiger partial charge on any atom is 0.217 e. The van der Waals surface area contributed by atoms with Crippen molar-refractivity contribution in [2.45, 2.75) is 31.9 Å². The summed E-state index contributed by atoms with van der Waals surface area (Å²) in [5, 5.41) is 7.72. The van der Waals surface area contributed by atoms with Gasteiger partial charge in [-0.15, -0.1) is 0 Å². The number of methoxy groups -OCH3 is 1. The first-order chi connectivity index (χ1) is 8.17. The van der Waals surface area contributed by atoms with Gasteiger partial charge in [-0.2, -0.15) is 5.10 Å². The molecule has 1 aliphatic rings. The maximum atomic E-state index is 5.86. The summed E-state index contributed by atoms with van der Waals surface area (Å²) in [5.41, 5.74) is 2.08. The van der Waals surface area contributed by atoms with E-state index < -0.39 is 0 Å². The van der Waals surface area contributed by atoms with Crippen LogP contribution >= 0.6 is 0 Å². The van der Waals surface area contributed by atoms with Crippen LogP contribution in [0.25, 0.3) is 0 Å². The second-order valence-electron chi connectivity index (χ2n) is 4.50. The second-order valence-corrected chi connectivity index (χ2v) is 4.50. The van der Waals surface area contributed by atoms with Crippen LogP contribution in [0, 0.1) is 6.92 Å². The van der Waals surface area contributed by atoms with Gasteiger partial charge in [0.25, 0.3) is 0 Å². The van der Waals surface area contributed by atoms with Crippen molar-refractivity contribution in [3.05, 3.63) is 11.3 Å². The Hall–Kier alpha value is -1.07. The van der Waals surface area contributed by atoms with Gasteiger partial charge in [0.1, 0.15) is 0 Å². The number of ether oxygens (including phenoxy) is 2. The van der Waals surface area contributed by atoms with Crippen molar-refractivity contribution in [1.82, 2.24) is 15.1 Å². The third kappa shape index (κ3) is 2.30. The van der Waals surface area contributed by atoms with Gasteiger partial charge in [-0.1, -0.05) is 0 Å². The van der Waals surface area contributed by atoms with Crippen molar-refractivity contribution >= 4 is 0 Å². The van der Waals surface area contributed by atoms with E-state index >= 15 is 0 Å². The number of hydrogen-bond donors (Lipinski definition) is 1. The van der Waals surface area contributed by atoms with E-state index in [1.165, 1.54) is 0 Å². The van der Waals surface area contributed by atoms with E-state index in [4.69, 9.17) is 9.47 Å². The van der Waals surface area contributed by atoms with Gasteiger partial charge >= 0.3 is 0 Å². The zero-order valence-corrected chi connectivity index (χ0v) is 11.0. The average molecular weight is 239 g/mol. The first-order valence-corrected chi connectivity index (χ1v) is 6.03. The predicted octanol–water partition coefficient (Wildman–Crippen LogP) is 1.18. The standard InChI is InChI=1S/C12H21N3O2/c1-8-11(12(16-4)15(3)14-8)10-7-9(13-2)5-6-17-10/h9-10,13H,5-7H2,1-4H3. The lowest BCUT2D eigenvalue weighted by Gasteiger charge is -2.29. The molecule has 0 aliphatic carbocycles. The molecule has 5 heteroatoms. The highest BCUT2D eigenvalue weighted by Gasteiger charge is 2.29. The van der Waals surface area contributed by atoms with Gasteiger partial charge in [-0.05, 0) is 26.8 Å². The summed E-state index contributed by atoms with van der Waals surface area (Å²) in [7, 11) is 5.58. The maximum absolute atomic E-state index is 5.86. The molecule has 96 valence electrons. The molecule has 1 saturated heterocycles. The van der Waals surface area contributed by atoms with Crippen molar-refractivity contribution in [3.63, 3.8) is 0 Å². The fraction of sp³-hybridized carbons (Fsp3) is 0.750. The smallest absolute Gasteiger partial charge is 0.217 e. The molecule has 0 radical (unpaired) electrons. The van der Waals surface area contributed by atoms with Gasteiger partial charge in [0.2, 0.25) is 5.88 Å². The molecule has 0 amide bonds. The highest BCUT2D eigenvalue weighted by atomic mass is 16.5. The van der Waals surface area contributed by atoms with Crippen LogP contribution in [0.1, 0.15) is 30.2 Å². The summed E-state index contributed by atoms with van der Waals surface area (Å²) in [5.74, 6) is 0.809. The first kappa shape index (κ1) is 12.4. The van der Waals surface area contributed by atoms with Crippen LogP contribution in [-0.4, -0.2) is 36.6 Å². The Kier molecular flexibility index (Phi) is 3.69. The Morgan fingerprint density at radius 3 is 2.94 bits per heavy atom. The molecule has 5 nitrogen and oxygen atoms in total. The molecule has 0 bridgehead atoms. The summed E-state index contributed by atoms with van der Waals surface area (Å²) in [6.07, 6.45) is 2.12. The number of hydrogen-bond acceptors (Lipinski definition) is 4. The van der Waals surface area contributed by atoms with Gasteiger partial charge in [0.15, 0.2) is 0 Å². The minimum absolute atomic E-state index is 0.0878. The summed E-state index contributed by atoms with van der Waals surface area (Å²) in [4.78, 5) is 0. The Morgan fingerprint density at radius 1 is 1.53 bits per heavy atom. The van der Waals surface area contributed by atoms with Gasteiger partial charge < -0.3 is 14.8 Å². The summed E-state index contributed by atoms with van der Waals surface area (Å²) >= 11 is 0. The second kappa shape index (κ2) is 5.06. The third-order valence-corrected chi connectivity index (χ3v) is 3.42. The molecule has 1 aromatic rings. The third-order valence-electron chi connectivity index (χ3n) is 3.42. The van der Waals surface area contributed by atoms with E-state index in [1.807, 2.05) is 21.0 Å². The predicted molar refractivity (Wildman–Crippen MR) is 65.3 cm³/mol. The van der Waals surface area contributed by atoms with Crippen molar-refractivity contribution in [3.8, 4) is 5.88 Å². The summed E-state index contributed by atoms with van der Waals surface area (Å²) in [6.45, 7) is 2.79. The lowest BCUT2D eigenvalue weighted by Crippen LogP contribution is -2.33. The highest BCUT2D eigenvalue weighted by molar-refractivity contribution is 5.33. The van der Waals surface area contributed by atoms with Crippen LogP contribution in [0.5, 0.6) is 5.88 Å². The number of aryl methyl sites for hydroxylation is 2. The van der Waals surface area contributed by atoms with Crippen LogP contribution in [0.2, 0.25) is 0 Å². The van der Waals surface area contributed by atoms with E-state index in [0.29, 0.717) is 6.04 Å². The van der Waals surface area contributed by atoms with E-state index in [2.05, 4.69) is 10.4 Å². The molecular formula is C12H21N3O2. The minimum Gasteiger partial charge on any atom is -0.481 e. The van der Waals surface area contributed by atoms with Crippen molar-refractivity contribution in [1.29, 1.82) is 0 Å². The fourth-order valence-electron chi connectivity index (χ4n) is 2.53. The molecule has 2 rings (SSSR count). The first-order valence-electron chi connectivity index (χ1n) is 6.03. The summed E-state index contributed by atoms with van der Waals surface area (Å²) < 4.78 is 13.1. The monoisotopic (exact) mass is 239 g/mol. The number of nitrogens with zero attached hydrogens (tertiary/aromatic N) is 2. The van der Waals surface area contributed by atoms with Crippen LogP contribution in [-0.2, 0) is 11.8 Å². The molecule has 0 aromatic carbocycles. The Labute approximate surface area is 102 Å². The van der Waals surface area contributed by atoms with Crippen LogP contribution in [0.4, 0.5) is 0 Å². The average Bonchev–Trinajstić information content (AvgIpc) is 2.63. The normalized spacial score (nSPS) is 24.9. The van der Waals surface area contributed by atoms with E-state index in [-0.39, 0.29) is 6.10 Å². The fourth-order valence-corrected chi connectivity index (χ4v) is 2.53. The Balaban J connectivity index is 2.26. The van der Waals surface area contributed by atoms with E-state index in [1.54, 1.807) is 11.8 Å². The van der Waals surface area contributed by atoms with Gasteiger partial charge in [0.05, 0.1) is 24.5 Å². The van der Waals surface area contributed by atoms with Gasteiger partial charge in [-0.3, -0.25) is 0 Å². The Morgan fingerprint density at radius 2 is 2.29 bits per heavy atom. The molecule has 0 saturated carbocycles. The topological polar surface area (TPSA) is 48.3 Å². The molecule has 17 heavy (non-hydrogen) atoms. The lowest BCUT2D eigenvalue weighted by molar-refractivity contribution is -0.000137. The largest absolute Gasteiger partial charge is 0.481 e. The van der Waals surface area contributed by atoms with Crippen molar-refractivity contribution in [2.24, 2.45) is 7.05 Å². The van der Waals surface area contributed by atoms with Crippen LogP contribution in [0.3, 0.4) is 0 Å². The lowest BCUT2D eigenvalue weighted by atomic mass is 9.98. The molecular weight excluding hydrogens is 218 g/mol. The van der Waals surface area contributed by atoms with Crippen LogP contribution < -0.4 is 10.1 Å². The molecule has 1 aromatic heterocycles. The van der Waals surface area contributed by atoms with Crippen molar-refractivity contribution < 1.29 is 9.47 Å².